The molecule has 0 radical (unpaired) electrons. The van der Waals surface area contributed by atoms with Crippen molar-refractivity contribution in [3.63, 3.8) is 0 Å². The lowest BCUT2D eigenvalue weighted by Crippen LogP contribution is -2.24. The second-order valence-electron chi connectivity index (χ2n) is 7.83. The van der Waals surface area contributed by atoms with Gasteiger partial charge in [0.25, 0.3) is 0 Å². The fourth-order valence-corrected chi connectivity index (χ4v) is 3.88. The molecule has 1 rings (SSSR count). The predicted octanol–water partition coefficient (Wildman–Crippen LogP) is 8.21. The van der Waals surface area contributed by atoms with Gasteiger partial charge in [-0.1, -0.05) is 75.9 Å². The maximum Gasteiger partial charge on any atom is 0.0453 e. The summed E-state index contributed by atoms with van der Waals surface area (Å²) in [5.74, 6) is 0. The highest BCUT2D eigenvalue weighted by Crippen LogP contribution is 2.48. The number of benzene rings is 1. The summed E-state index contributed by atoms with van der Waals surface area (Å²) < 4.78 is -0.352. The second-order valence-corrected chi connectivity index (χ2v) is 15.8. The number of hydrogen-bond acceptors (Lipinski definition) is 0. The normalized spacial score (nSPS) is 14.4. The lowest BCUT2D eigenvalue weighted by atomic mass is 9.81. The molecule has 0 bridgehead atoms. The molecule has 0 aliphatic carbocycles. The van der Waals surface area contributed by atoms with Crippen molar-refractivity contribution < 1.29 is 0 Å². The average Bonchev–Trinajstić information content (AvgIpc) is 2.22. The number of alkyl halides is 4. The Kier molecular flexibility index (Phi) is 6.22. The van der Waals surface area contributed by atoms with Crippen LogP contribution in [0, 0.1) is 0 Å². The number of rotatable bonds is 4. The van der Waals surface area contributed by atoms with Crippen molar-refractivity contribution in [1.29, 1.82) is 0 Å². The molecule has 0 saturated heterocycles. The Hall–Kier alpha value is 1.14. The van der Waals surface area contributed by atoms with Crippen LogP contribution in [-0.2, 0) is 17.3 Å². The molecule has 0 aliphatic rings. The zero-order valence-electron chi connectivity index (χ0n) is 14.7. The zero-order chi connectivity index (χ0) is 17.7. The maximum absolute atomic E-state index is 3.86. The first-order chi connectivity index (χ1) is 9.45. The molecule has 0 N–H and O–H groups in total. The zero-order valence-corrected chi connectivity index (χ0v) is 21.0. The minimum Gasteiger partial charge on any atom is -0.0807 e. The topological polar surface area (TPSA) is 0 Å². The molecule has 0 spiro atoms. The number of halogens is 4. The van der Waals surface area contributed by atoms with Gasteiger partial charge in [-0.25, -0.2) is 0 Å². The van der Waals surface area contributed by atoms with Crippen LogP contribution >= 0.6 is 63.7 Å². The van der Waals surface area contributed by atoms with Crippen molar-refractivity contribution in [3.8, 4) is 0 Å². The molecule has 0 atom stereocenters. The minimum atomic E-state index is -0.0879. The van der Waals surface area contributed by atoms with E-state index in [9.17, 15) is 0 Å². The van der Waals surface area contributed by atoms with E-state index in [0.29, 0.717) is 0 Å². The molecule has 1 aromatic carbocycles. The molecular formula is C18H26Br4. The molecule has 0 heterocycles. The summed E-state index contributed by atoms with van der Waals surface area (Å²) in [6, 6.07) is 4.69. The van der Waals surface area contributed by atoms with E-state index in [4.69, 9.17) is 0 Å². The van der Waals surface area contributed by atoms with Gasteiger partial charge in [-0.05, 0) is 77.6 Å². The van der Waals surface area contributed by atoms with Crippen molar-refractivity contribution in [2.45, 2.75) is 72.7 Å². The van der Waals surface area contributed by atoms with E-state index >= 15 is 0 Å². The van der Waals surface area contributed by atoms with Crippen LogP contribution in [0.4, 0.5) is 0 Å². The third kappa shape index (κ3) is 5.07. The monoisotopic (exact) mass is 558 g/mol. The van der Waals surface area contributed by atoms with Crippen LogP contribution in [-0.4, -0.2) is 0 Å². The average molecular weight is 562 g/mol. The minimum absolute atomic E-state index is 0.0879. The smallest absolute Gasteiger partial charge is 0.0453 e. The Morgan fingerprint density at radius 1 is 0.455 bits per heavy atom. The second kappa shape index (κ2) is 6.46. The molecule has 0 saturated carbocycles. The molecule has 126 valence electrons. The predicted molar refractivity (Wildman–Crippen MR) is 114 cm³/mol. The first-order valence-corrected chi connectivity index (χ1v) is 10.6. The van der Waals surface area contributed by atoms with E-state index in [0.717, 1.165) is 0 Å². The summed E-state index contributed by atoms with van der Waals surface area (Å²) in [6.45, 7) is 17.6. The molecule has 0 unspecified atom stereocenters. The summed E-state index contributed by atoms with van der Waals surface area (Å²) in [6.07, 6.45) is 0. The van der Waals surface area contributed by atoms with Crippen LogP contribution in [0.1, 0.15) is 77.6 Å². The summed E-state index contributed by atoms with van der Waals surface area (Å²) >= 11 is 15.4. The van der Waals surface area contributed by atoms with Crippen molar-refractivity contribution in [1.82, 2.24) is 0 Å². The molecule has 0 aliphatic heterocycles. The highest BCUT2D eigenvalue weighted by atomic mass is 79.9. The highest BCUT2D eigenvalue weighted by molar-refractivity contribution is 9.10. The van der Waals surface area contributed by atoms with Gasteiger partial charge in [0.2, 0.25) is 0 Å². The molecule has 0 aromatic heterocycles. The molecule has 1 aromatic rings. The van der Waals surface area contributed by atoms with Crippen LogP contribution in [0.25, 0.3) is 0 Å². The molecule has 0 nitrogen and oxygen atoms in total. The van der Waals surface area contributed by atoms with Gasteiger partial charge in [-0.15, -0.1) is 0 Å². The summed E-state index contributed by atoms with van der Waals surface area (Å²) in [4.78, 5) is 0. The lowest BCUT2D eigenvalue weighted by Gasteiger charge is -2.35. The van der Waals surface area contributed by atoms with E-state index in [1.165, 1.54) is 22.3 Å². The van der Waals surface area contributed by atoms with E-state index in [1.54, 1.807) is 0 Å². The van der Waals surface area contributed by atoms with Crippen LogP contribution in [0.2, 0.25) is 0 Å². The summed E-state index contributed by atoms with van der Waals surface area (Å²) in [5, 5.41) is 0. The highest BCUT2D eigenvalue weighted by Gasteiger charge is 2.34. The van der Waals surface area contributed by atoms with Crippen molar-refractivity contribution in [2.75, 3.05) is 0 Å². The Balaban J connectivity index is 3.90. The van der Waals surface area contributed by atoms with Crippen molar-refractivity contribution in [3.05, 3.63) is 34.4 Å². The van der Waals surface area contributed by atoms with Gasteiger partial charge in [0.1, 0.15) is 0 Å². The Morgan fingerprint density at radius 2 is 0.591 bits per heavy atom. The largest absolute Gasteiger partial charge is 0.0807 e. The first kappa shape index (κ1) is 21.2. The van der Waals surface area contributed by atoms with Crippen molar-refractivity contribution >= 4 is 63.7 Å². The van der Waals surface area contributed by atoms with Crippen LogP contribution < -0.4 is 0 Å². The van der Waals surface area contributed by atoms with Gasteiger partial charge >= 0.3 is 0 Å². The SMILES string of the molecule is CC(C)(Br)c1cc(C(C)(C)Br)c(C(C)(C)Br)cc1C(C)(C)Br. The summed E-state index contributed by atoms with van der Waals surface area (Å²) in [5.41, 5.74) is 5.27. The molecule has 22 heavy (non-hydrogen) atoms. The maximum atomic E-state index is 3.86. The lowest BCUT2D eigenvalue weighted by molar-refractivity contribution is 0.689. The Bertz CT molecular complexity index is 448. The van der Waals surface area contributed by atoms with Gasteiger partial charge in [0.15, 0.2) is 0 Å². The number of hydrogen-bond donors (Lipinski definition) is 0. The van der Waals surface area contributed by atoms with Gasteiger partial charge in [0, 0.05) is 17.3 Å². The van der Waals surface area contributed by atoms with Gasteiger partial charge in [0.05, 0.1) is 0 Å². The van der Waals surface area contributed by atoms with E-state index in [1.807, 2.05) is 0 Å². The van der Waals surface area contributed by atoms with Gasteiger partial charge < -0.3 is 0 Å². The third-order valence-electron chi connectivity index (χ3n) is 3.72. The van der Waals surface area contributed by atoms with Gasteiger partial charge in [-0.3, -0.25) is 0 Å². The quantitative estimate of drug-likeness (QED) is 0.325. The summed E-state index contributed by atoms with van der Waals surface area (Å²) in [7, 11) is 0. The standard InChI is InChI=1S/C18H26Br4/c1-15(2,19)11-9-13(17(5,6)21)14(18(7,8)22)10-12(11)16(3,4)20/h9-10H,1-8H3. The van der Waals surface area contributed by atoms with Gasteiger partial charge in [-0.2, -0.15) is 0 Å². The molecule has 0 amide bonds. The van der Waals surface area contributed by atoms with Crippen molar-refractivity contribution in [2.24, 2.45) is 0 Å². The van der Waals surface area contributed by atoms with E-state index in [2.05, 4.69) is 131 Å². The fraction of sp³-hybridized carbons (Fsp3) is 0.667. The van der Waals surface area contributed by atoms with Crippen LogP contribution in [0.15, 0.2) is 12.1 Å². The Morgan fingerprint density at radius 3 is 0.682 bits per heavy atom. The fourth-order valence-electron chi connectivity index (χ4n) is 2.57. The van der Waals surface area contributed by atoms with E-state index < -0.39 is 0 Å². The van der Waals surface area contributed by atoms with Crippen LogP contribution in [0.5, 0.6) is 0 Å². The molecular weight excluding hydrogens is 536 g/mol. The van der Waals surface area contributed by atoms with E-state index in [-0.39, 0.29) is 17.3 Å². The molecule has 4 heteroatoms. The van der Waals surface area contributed by atoms with Crippen LogP contribution in [0.3, 0.4) is 0 Å². The first-order valence-electron chi connectivity index (χ1n) is 7.41. The Labute approximate surface area is 169 Å². The molecule has 0 fully saturated rings. The third-order valence-corrected chi connectivity index (χ3v) is 5.43.